The molecule has 21 heavy (non-hydrogen) atoms. The highest BCUT2D eigenvalue weighted by Gasteiger charge is 2.13. The third-order valence-corrected chi connectivity index (χ3v) is 2.93. The number of nitrogens with zero attached hydrogens (tertiary/aromatic N) is 1. The Balaban J connectivity index is 2.08. The van der Waals surface area contributed by atoms with Gasteiger partial charge in [-0.3, -0.25) is 9.59 Å². The van der Waals surface area contributed by atoms with Crippen molar-refractivity contribution >= 4 is 28.9 Å². The first-order valence-electron chi connectivity index (χ1n) is 6.70. The summed E-state index contributed by atoms with van der Waals surface area (Å²) in [6, 6.07) is 7.71. The predicted octanol–water partition coefficient (Wildman–Crippen LogP) is 1.45. The van der Waals surface area contributed by atoms with Crippen molar-refractivity contribution in [2.24, 2.45) is 5.10 Å². The van der Waals surface area contributed by atoms with Crippen LogP contribution in [0.3, 0.4) is 0 Å². The number of aromatic amines is 1. The fourth-order valence-corrected chi connectivity index (χ4v) is 2.00. The van der Waals surface area contributed by atoms with E-state index in [4.69, 9.17) is 0 Å². The van der Waals surface area contributed by atoms with E-state index in [0.717, 1.165) is 22.2 Å². The van der Waals surface area contributed by atoms with Crippen LogP contribution in [0.5, 0.6) is 0 Å². The van der Waals surface area contributed by atoms with Crippen molar-refractivity contribution in [3.8, 4) is 0 Å². The molecule has 0 fully saturated rings. The zero-order valence-electron chi connectivity index (χ0n) is 12.2. The Labute approximate surface area is 122 Å². The van der Waals surface area contributed by atoms with E-state index in [2.05, 4.69) is 20.8 Å². The topological polar surface area (TPSA) is 86.3 Å². The normalized spacial score (nSPS) is 11.2. The molecule has 1 aromatic heterocycles. The van der Waals surface area contributed by atoms with E-state index in [9.17, 15) is 9.59 Å². The Bertz CT molecular complexity index is 701. The first kappa shape index (κ1) is 14.8. The second-order valence-electron chi connectivity index (χ2n) is 5.04. The zero-order chi connectivity index (χ0) is 15.4. The molecule has 6 heteroatoms. The van der Waals surface area contributed by atoms with Gasteiger partial charge < -0.3 is 10.3 Å². The van der Waals surface area contributed by atoms with Crippen molar-refractivity contribution < 1.29 is 9.59 Å². The number of hydrazone groups is 1. The standard InChI is InChI=1S/C15H18N4O2/c1-9(2)17-14(20)15(21)19-16-8-12-10(3)18-13-7-5-4-6-11(12)13/h4-9,18H,1-3H3,(H,17,20)(H,19,21)/b16-8+. The molecule has 0 unspecified atom stereocenters. The van der Waals surface area contributed by atoms with Gasteiger partial charge in [-0.25, -0.2) is 5.43 Å². The SMILES string of the molecule is Cc1[nH]c2ccccc2c1/C=N/NC(=O)C(=O)NC(C)C. The average molecular weight is 286 g/mol. The van der Waals surface area contributed by atoms with Gasteiger partial charge in [0.25, 0.3) is 0 Å². The minimum Gasteiger partial charge on any atom is -0.358 e. The number of carbonyl (C=O) groups excluding carboxylic acids is 2. The van der Waals surface area contributed by atoms with Gasteiger partial charge in [0.05, 0.1) is 6.21 Å². The molecule has 0 aliphatic rings. The Morgan fingerprint density at radius 1 is 1.24 bits per heavy atom. The van der Waals surface area contributed by atoms with Gasteiger partial charge in [-0.2, -0.15) is 5.10 Å². The van der Waals surface area contributed by atoms with Crippen molar-refractivity contribution in [1.29, 1.82) is 0 Å². The summed E-state index contributed by atoms with van der Waals surface area (Å²) in [4.78, 5) is 26.2. The monoisotopic (exact) mass is 286 g/mol. The van der Waals surface area contributed by atoms with Crippen LogP contribution in [0, 0.1) is 6.92 Å². The number of para-hydroxylation sites is 1. The molecule has 2 rings (SSSR count). The number of carbonyl (C=O) groups is 2. The van der Waals surface area contributed by atoms with E-state index in [1.165, 1.54) is 6.21 Å². The molecule has 0 spiro atoms. The van der Waals surface area contributed by atoms with E-state index in [1.54, 1.807) is 13.8 Å². The van der Waals surface area contributed by atoms with E-state index in [1.807, 2.05) is 31.2 Å². The number of amides is 2. The minimum atomic E-state index is -0.780. The molecule has 0 bridgehead atoms. The summed E-state index contributed by atoms with van der Waals surface area (Å²) in [6.45, 7) is 5.49. The molecule has 1 aromatic carbocycles. The first-order valence-corrected chi connectivity index (χ1v) is 6.70. The van der Waals surface area contributed by atoms with Gasteiger partial charge >= 0.3 is 11.8 Å². The number of fused-ring (bicyclic) bond motifs is 1. The van der Waals surface area contributed by atoms with Gasteiger partial charge in [0, 0.05) is 28.2 Å². The number of rotatable bonds is 3. The molecular formula is C15H18N4O2. The van der Waals surface area contributed by atoms with Crippen LogP contribution in [0.1, 0.15) is 25.1 Å². The molecule has 0 aliphatic carbocycles. The van der Waals surface area contributed by atoms with Crippen LogP contribution in [0.25, 0.3) is 10.9 Å². The molecule has 0 aliphatic heterocycles. The molecule has 110 valence electrons. The van der Waals surface area contributed by atoms with Crippen LogP contribution in [-0.4, -0.2) is 29.1 Å². The summed E-state index contributed by atoms with van der Waals surface area (Å²) < 4.78 is 0. The zero-order valence-corrected chi connectivity index (χ0v) is 12.2. The van der Waals surface area contributed by atoms with Gasteiger partial charge in [0.1, 0.15) is 0 Å². The first-order chi connectivity index (χ1) is 9.99. The number of hydrogen-bond donors (Lipinski definition) is 3. The molecule has 1 heterocycles. The summed E-state index contributed by atoms with van der Waals surface area (Å²) in [5, 5.41) is 7.36. The van der Waals surface area contributed by atoms with E-state index in [-0.39, 0.29) is 6.04 Å². The second-order valence-corrected chi connectivity index (χ2v) is 5.04. The molecule has 0 atom stereocenters. The summed E-state index contributed by atoms with van der Waals surface area (Å²) in [5.41, 5.74) is 5.05. The third kappa shape index (κ3) is 3.47. The number of benzene rings is 1. The average Bonchev–Trinajstić information content (AvgIpc) is 2.74. The fraction of sp³-hybridized carbons (Fsp3) is 0.267. The summed E-state index contributed by atoms with van der Waals surface area (Å²) in [5.74, 6) is -1.48. The van der Waals surface area contributed by atoms with Crippen LogP contribution in [0.15, 0.2) is 29.4 Å². The predicted molar refractivity (Wildman–Crippen MR) is 82.1 cm³/mol. The molecule has 2 amide bonds. The number of aryl methyl sites for hydroxylation is 1. The smallest absolute Gasteiger partial charge is 0.329 e. The lowest BCUT2D eigenvalue weighted by Gasteiger charge is -2.05. The molecule has 0 radical (unpaired) electrons. The highest BCUT2D eigenvalue weighted by Crippen LogP contribution is 2.19. The summed E-state index contributed by atoms with van der Waals surface area (Å²) in [6.07, 6.45) is 1.54. The van der Waals surface area contributed by atoms with Crippen molar-refractivity contribution in [3.05, 3.63) is 35.5 Å². The maximum absolute atomic E-state index is 11.5. The Hall–Kier alpha value is -2.63. The van der Waals surface area contributed by atoms with Gasteiger partial charge in [0.2, 0.25) is 0 Å². The summed E-state index contributed by atoms with van der Waals surface area (Å²) >= 11 is 0. The van der Waals surface area contributed by atoms with Crippen LogP contribution in [0.2, 0.25) is 0 Å². The minimum absolute atomic E-state index is 0.0944. The van der Waals surface area contributed by atoms with Crippen molar-refractivity contribution in [3.63, 3.8) is 0 Å². The lowest BCUT2D eigenvalue weighted by atomic mass is 10.1. The van der Waals surface area contributed by atoms with Gasteiger partial charge in [0.15, 0.2) is 0 Å². The molecular weight excluding hydrogens is 268 g/mol. The number of H-pyrrole nitrogens is 1. The highest BCUT2D eigenvalue weighted by atomic mass is 16.2. The van der Waals surface area contributed by atoms with Crippen LogP contribution < -0.4 is 10.7 Å². The lowest BCUT2D eigenvalue weighted by Crippen LogP contribution is -2.41. The molecule has 2 aromatic rings. The summed E-state index contributed by atoms with van der Waals surface area (Å²) in [7, 11) is 0. The second kappa shape index (κ2) is 6.21. The van der Waals surface area contributed by atoms with Gasteiger partial charge in [-0.05, 0) is 26.8 Å². The van der Waals surface area contributed by atoms with Crippen molar-refractivity contribution in [2.45, 2.75) is 26.8 Å². The number of hydrogen-bond acceptors (Lipinski definition) is 3. The fourth-order valence-electron chi connectivity index (χ4n) is 2.00. The quantitative estimate of drug-likeness (QED) is 0.453. The van der Waals surface area contributed by atoms with Crippen molar-refractivity contribution in [2.75, 3.05) is 0 Å². The lowest BCUT2D eigenvalue weighted by molar-refractivity contribution is -0.139. The van der Waals surface area contributed by atoms with Crippen LogP contribution >= 0.6 is 0 Å². The Kier molecular flexibility index (Phi) is 4.37. The van der Waals surface area contributed by atoms with E-state index >= 15 is 0 Å². The van der Waals surface area contributed by atoms with Crippen LogP contribution in [0.4, 0.5) is 0 Å². The maximum atomic E-state index is 11.5. The molecule has 3 N–H and O–H groups in total. The number of aromatic nitrogens is 1. The van der Waals surface area contributed by atoms with E-state index in [0.29, 0.717) is 0 Å². The molecule has 6 nitrogen and oxygen atoms in total. The highest BCUT2D eigenvalue weighted by molar-refractivity contribution is 6.35. The molecule has 0 saturated carbocycles. The Morgan fingerprint density at radius 2 is 1.95 bits per heavy atom. The Morgan fingerprint density at radius 3 is 2.67 bits per heavy atom. The number of nitrogens with one attached hydrogen (secondary N) is 3. The largest absolute Gasteiger partial charge is 0.358 e. The van der Waals surface area contributed by atoms with Crippen LogP contribution in [-0.2, 0) is 9.59 Å². The van der Waals surface area contributed by atoms with Crippen molar-refractivity contribution in [1.82, 2.24) is 15.7 Å². The van der Waals surface area contributed by atoms with Gasteiger partial charge in [-0.15, -0.1) is 0 Å². The third-order valence-electron chi connectivity index (χ3n) is 2.93. The maximum Gasteiger partial charge on any atom is 0.329 e. The van der Waals surface area contributed by atoms with E-state index < -0.39 is 11.8 Å². The van der Waals surface area contributed by atoms with Gasteiger partial charge in [-0.1, -0.05) is 18.2 Å². The molecule has 0 saturated heterocycles.